The number of anilines is 1. The third-order valence-corrected chi connectivity index (χ3v) is 3.30. The van der Waals surface area contributed by atoms with E-state index in [2.05, 4.69) is 18.8 Å². The van der Waals surface area contributed by atoms with Gasteiger partial charge in [0, 0.05) is 18.2 Å². The van der Waals surface area contributed by atoms with Gasteiger partial charge in [-0.2, -0.15) is 0 Å². The van der Waals surface area contributed by atoms with E-state index in [0.29, 0.717) is 11.5 Å². The lowest BCUT2D eigenvalue weighted by molar-refractivity contribution is 0.0743. The molecule has 1 aromatic rings. The summed E-state index contributed by atoms with van der Waals surface area (Å²) in [4.78, 5) is 18.0. The van der Waals surface area contributed by atoms with Gasteiger partial charge in [-0.05, 0) is 31.4 Å². The van der Waals surface area contributed by atoms with Gasteiger partial charge in [0.15, 0.2) is 0 Å². The molecule has 2 atom stereocenters. The lowest BCUT2D eigenvalue weighted by Crippen LogP contribution is -2.34. The SMILES string of the molecule is CC1CC(C)N(C(=O)c2cc(N)nc(Cl)c2)C1. The van der Waals surface area contributed by atoms with Crippen LogP contribution in [-0.2, 0) is 0 Å². The maximum absolute atomic E-state index is 12.3. The Kier molecular flexibility index (Phi) is 3.24. The van der Waals surface area contributed by atoms with Crippen molar-refractivity contribution in [2.75, 3.05) is 12.3 Å². The van der Waals surface area contributed by atoms with Crippen molar-refractivity contribution in [3.63, 3.8) is 0 Å². The number of rotatable bonds is 1. The Morgan fingerprint density at radius 3 is 2.76 bits per heavy atom. The summed E-state index contributed by atoms with van der Waals surface area (Å²) < 4.78 is 0. The third-order valence-electron chi connectivity index (χ3n) is 3.11. The first-order valence-corrected chi connectivity index (χ1v) is 6.09. The molecule has 1 fully saturated rings. The minimum Gasteiger partial charge on any atom is -0.384 e. The molecule has 1 aliphatic heterocycles. The number of likely N-dealkylation sites (tertiary alicyclic amines) is 1. The van der Waals surface area contributed by atoms with Gasteiger partial charge in [0.25, 0.3) is 5.91 Å². The van der Waals surface area contributed by atoms with Gasteiger partial charge in [0.1, 0.15) is 11.0 Å². The molecular formula is C12H16ClN3O. The second kappa shape index (κ2) is 4.53. The normalized spacial score (nSPS) is 24.1. The van der Waals surface area contributed by atoms with Crippen LogP contribution in [0.25, 0.3) is 0 Å². The Morgan fingerprint density at radius 1 is 1.53 bits per heavy atom. The maximum atomic E-state index is 12.3. The second-order valence-electron chi connectivity index (χ2n) is 4.75. The molecule has 4 nitrogen and oxygen atoms in total. The molecule has 2 unspecified atom stereocenters. The number of hydrogen-bond donors (Lipinski definition) is 1. The number of carbonyl (C=O) groups is 1. The van der Waals surface area contributed by atoms with Gasteiger partial charge in [0.05, 0.1) is 0 Å². The van der Waals surface area contributed by atoms with E-state index < -0.39 is 0 Å². The minimum atomic E-state index is -0.0159. The van der Waals surface area contributed by atoms with Crippen LogP contribution in [0, 0.1) is 5.92 Å². The highest BCUT2D eigenvalue weighted by molar-refractivity contribution is 6.29. The van der Waals surface area contributed by atoms with Crippen molar-refractivity contribution < 1.29 is 4.79 Å². The van der Waals surface area contributed by atoms with Gasteiger partial charge in [-0.3, -0.25) is 4.79 Å². The minimum absolute atomic E-state index is 0.0159. The fourth-order valence-corrected chi connectivity index (χ4v) is 2.60. The Morgan fingerprint density at radius 2 is 2.24 bits per heavy atom. The number of nitrogen functional groups attached to an aromatic ring is 1. The van der Waals surface area contributed by atoms with Gasteiger partial charge in [-0.25, -0.2) is 4.98 Å². The first kappa shape index (κ1) is 12.2. The van der Waals surface area contributed by atoms with Gasteiger partial charge in [-0.15, -0.1) is 0 Å². The molecule has 2 rings (SSSR count). The summed E-state index contributed by atoms with van der Waals surface area (Å²) in [7, 11) is 0. The molecular weight excluding hydrogens is 238 g/mol. The molecule has 1 aliphatic rings. The molecule has 0 aromatic carbocycles. The molecule has 0 aliphatic carbocycles. The first-order valence-electron chi connectivity index (χ1n) is 5.71. The number of nitrogens with two attached hydrogens (primary N) is 1. The number of aromatic nitrogens is 1. The van der Waals surface area contributed by atoms with Crippen molar-refractivity contribution in [2.24, 2.45) is 5.92 Å². The lowest BCUT2D eigenvalue weighted by atomic mass is 10.1. The molecule has 1 amide bonds. The Bertz CT molecular complexity index is 429. The third kappa shape index (κ3) is 2.52. The molecule has 92 valence electrons. The van der Waals surface area contributed by atoms with Crippen molar-refractivity contribution in [1.29, 1.82) is 0 Å². The van der Waals surface area contributed by atoms with Gasteiger partial charge >= 0.3 is 0 Å². The summed E-state index contributed by atoms with van der Waals surface area (Å²) in [6.45, 7) is 5.01. The predicted octanol–water partition coefficient (Wildman–Crippen LogP) is 2.19. The molecule has 0 bridgehead atoms. The monoisotopic (exact) mass is 253 g/mol. The van der Waals surface area contributed by atoms with Crippen LogP contribution >= 0.6 is 11.6 Å². The number of hydrogen-bond acceptors (Lipinski definition) is 3. The summed E-state index contributed by atoms with van der Waals surface area (Å²) >= 11 is 5.80. The van der Waals surface area contributed by atoms with E-state index >= 15 is 0 Å². The maximum Gasteiger partial charge on any atom is 0.254 e. The van der Waals surface area contributed by atoms with Crippen LogP contribution in [0.1, 0.15) is 30.6 Å². The second-order valence-corrected chi connectivity index (χ2v) is 5.14. The molecule has 1 saturated heterocycles. The quantitative estimate of drug-likeness (QED) is 0.781. The summed E-state index contributed by atoms with van der Waals surface area (Å²) in [6, 6.07) is 3.41. The van der Waals surface area contributed by atoms with Crippen LogP contribution in [0.15, 0.2) is 12.1 Å². The highest BCUT2D eigenvalue weighted by atomic mass is 35.5. The van der Waals surface area contributed by atoms with Gasteiger partial charge in [-0.1, -0.05) is 18.5 Å². The molecule has 2 heterocycles. The summed E-state index contributed by atoms with van der Waals surface area (Å²) in [5.74, 6) is 0.808. The predicted molar refractivity (Wildman–Crippen MR) is 67.9 cm³/mol. The van der Waals surface area contributed by atoms with E-state index in [9.17, 15) is 4.79 Å². The number of carbonyl (C=O) groups excluding carboxylic acids is 1. The zero-order chi connectivity index (χ0) is 12.6. The van der Waals surface area contributed by atoms with Gasteiger partial charge < -0.3 is 10.6 Å². The molecule has 0 saturated carbocycles. The molecule has 0 radical (unpaired) electrons. The van der Waals surface area contributed by atoms with Crippen LogP contribution in [-0.4, -0.2) is 28.4 Å². The highest BCUT2D eigenvalue weighted by Crippen LogP contribution is 2.25. The van der Waals surface area contributed by atoms with Crippen LogP contribution < -0.4 is 5.73 Å². The number of nitrogens with zero attached hydrogens (tertiary/aromatic N) is 2. The molecule has 5 heteroatoms. The summed E-state index contributed by atoms with van der Waals surface area (Å²) in [5.41, 5.74) is 6.11. The van der Waals surface area contributed by atoms with E-state index in [-0.39, 0.29) is 22.9 Å². The zero-order valence-corrected chi connectivity index (χ0v) is 10.7. The smallest absolute Gasteiger partial charge is 0.254 e. The molecule has 1 aromatic heterocycles. The van der Waals surface area contributed by atoms with E-state index in [0.717, 1.165) is 13.0 Å². The van der Waals surface area contributed by atoms with E-state index in [4.69, 9.17) is 17.3 Å². The van der Waals surface area contributed by atoms with E-state index in [1.54, 1.807) is 12.1 Å². The largest absolute Gasteiger partial charge is 0.384 e. The standard InChI is InChI=1S/C12H16ClN3O/c1-7-3-8(2)16(6-7)12(17)9-4-10(13)15-11(14)5-9/h4-5,7-8H,3,6H2,1-2H3,(H2,14,15). The molecule has 2 N–H and O–H groups in total. The van der Waals surface area contributed by atoms with Crippen LogP contribution in [0.2, 0.25) is 5.15 Å². The van der Waals surface area contributed by atoms with Crippen LogP contribution in [0.3, 0.4) is 0 Å². The topological polar surface area (TPSA) is 59.2 Å². The van der Waals surface area contributed by atoms with Crippen molar-refractivity contribution in [1.82, 2.24) is 9.88 Å². The van der Waals surface area contributed by atoms with Crippen LogP contribution in [0.4, 0.5) is 5.82 Å². The number of amides is 1. The fourth-order valence-electron chi connectivity index (χ4n) is 2.39. The Hall–Kier alpha value is -1.29. The Balaban J connectivity index is 2.25. The zero-order valence-electron chi connectivity index (χ0n) is 9.98. The van der Waals surface area contributed by atoms with E-state index in [1.807, 2.05) is 4.90 Å². The van der Waals surface area contributed by atoms with Crippen molar-refractivity contribution in [2.45, 2.75) is 26.3 Å². The fraction of sp³-hybridized carbons (Fsp3) is 0.500. The first-order chi connectivity index (χ1) is 7.97. The molecule has 17 heavy (non-hydrogen) atoms. The van der Waals surface area contributed by atoms with Crippen molar-refractivity contribution >= 4 is 23.3 Å². The average Bonchev–Trinajstić information content (AvgIpc) is 2.55. The number of halogens is 1. The van der Waals surface area contributed by atoms with Crippen molar-refractivity contribution in [3.8, 4) is 0 Å². The van der Waals surface area contributed by atoms with Crippen molar-refractivity contribution in [3.05, 3.63) is 22.8 Å². The van der Waals surface area contributed by atoms with Gasteiger partial charge in [0.2, 0.25) is 0 Å². The summed E-state index contributed by atoms with van der Waals surface area (Å²) in [5, 5.41) is 0.258. The molecule has 0 spiro atoms. The van der Waals surface area contributed by atoms with Crippen LogP contribution in [0.5, 0.6) is 0 Å². The Labute approximate surface area is 106 Å². The number of pyridine rings is 1. The van der Waals surface area contributed by atoms with E-state index in [1.165, 1.54) is 0 Å². The summed E-state index contributed by atoms with van der Waals surface area (Å²) in [6.07, 6.45) is 1.04. The lowest BCUT2D eigenvalue weighted by Gasteiger charge is -2.21. The average molecular weight is 254 g/mol. The highest BCUT2D eigenvalue weighted by Gasteiger charge is 2.30.